The van der Waals surface area contributed by atoms with E-state index in [9.17, 15) is 0 Å². The highest BCUT2D eigenvalue weighted by Gasteiger charge is 1.62. The van der Waals surface area contributed by atoms with Gasteiger partial charge in [0, 0.05) is 0 Å². The molecule has 0 spiro atoms. The van der Waals surface area contributed by atoms with Crippen LogP contribution in [0.5, 0.6) is 0 Å². The van der Waals surface area contributed by atoms with Crippen molar-refractivity contribution in [1.82, 2.24) is 0 Å². The van der Waals surface area contributed by atoms with Crippen LogP contribution < -0.4 is 0 Å². The third kappa shape index (κ3) is 3.79. The summed E-state index contributed by atoms with van der Waals surface area (Å²) in [6.07, 6.45) is 1.26. The Morgan fingerprint density at radius 2 is 2.60 bits per heavy atom. The Morgan fingerprint density at radius 3 is 2.60 bits per heavy atom. The van der Waals surface area contributed by atoms with E-state index in [0.717, 1.165) is 6.69 Å². The number of thiol groups is 1. The molecule has 0 amide bonds. The molecule has 0 aliphatic heterocycles. The standard InChI is InChI=1S/CHBNOS/c4-1-3-2-5/h5H. The molecule has 0 unspecified atom stereocenters. The Hall–Kier alpha value is -0.205. The zero-order valence-corrected chi connectivity index (χ0v) is 3.27. The van der Waals surface area contributed by atoms with E-state index >= 15 is 0 Å². The van der Waals surface area contributed by atoms with Crippen LogP contribution in [0.15, 0.2) is 4.90 Å². The minimum atomic E-state index is 1.08. The number of rotatable bonds is 1. The average molecular weight is 85.9 g/mol. The van der Waals surface area contributed by atoms with E-state index in [2.05, 4.69) is 17.4 Å². The number of hydrogen-bond acceptors (Lipinski definition) is 3. The summed E-state index contributed by atoms with van der Waals surface area (Å²) < 4.78 is 0. The van der Waals surface area contributed by atoms with Gasteiger partial charge in [-0.2, -0.15) is 0 Å². The molecule has 0 aliphatic carbocycles. The fourth-order valence-corrected chi connectivity index (χ4v) is 0.0707. The van der Waals surface area contributed by atoms with Crippen molar-refractivity contribution in [3.63, 3.8) is 0 Å². The second-order valence-electron chi connectivity index (χ2n) is 0.336. The first kappa shape index (κ1) is 4.79. The highest BCUT2D eigenvalue weighted by atomic mass is 32.1. The summed E-state index contributed by atoms with van der Waals surface area (Å²) in [5.74, 6) is 0. The lowest BCUT2D eigenvalue weighted by atomic mass is 10.5. The molecule has 0 aromatic heterocycles. The molecule has 0 saturated heterocycles. The quantitative estimate of drug-likeness (QED) is 0.203. The molecule has 0 aliphatic rings. The third-order valence-corrected chi connectivity index (χ3v) is 0.226. The second kappa shape index (κ2) is 3.79. The molecule has 0 rings (SSSR count). The van der Waals surface area contributed by atoms with E-state index in [4.69, 9.17) is 4.79 Å². The molecule has 1 radical (unpaired) electrons. The normalized spacial score (nSPS) is 5.00. The van der Waals surface area contributed by atoms with Crippen molar-refractivity contribution >= 4 is 25.3 Å². The predicted molar refractivity (Wildman–Crippen MR) is 22.9 cm³/mol. The van der Waals surface area contributed by atoms with Crippen molar-refractivity contribution in [2.45, 2.75) is 0 Å². The van der Waals surface area contributed by atoms with E-state index in [1.807, 2.05) is 0 Å². The Balaban J connectivity index is 2.93. The van der Waals surface area contributed by atoms with Crippen LogP contribution in [-0.4, -0.2) is 12.8 Å². The third-order valence-electron chi connectivity index (χ3n) is 0.110. The van der Waals surface area contributed by atoms with Crippen LogP contribution in [0.3, 0.4) is 0 Å². The SMILES string of the molecule is O=C=N[B]S. The van der Waals surface area contributed by atoms with Crippen molar-refractivity contribution in [2.75, 3.05) is 0 Å². The lowest BCUT2D eigenvalue weighted by molar-refractivity contribution is 0.566. The van der Waals surface area contributed by atoms with E-state index in [-0.39, 0.29) is 0 Å². The van der Waals surface area contributed by atoms with Crippen molar-refractivity contribution in [3.8, 4) is 0 Å². The van der Waals surface area contributed by atoms with Gasteiger partial charge in [0.25, 0.3) is 0 Å². The van der Waals surface area contributed by atoms with Gasteiger partial charge in [-0.25, -0.2) is 17.3 Å². The van der Waals surface area contributed by atoms with Gasteiger partial charge in [0.2, 0.25) is 6.08 Å². The topological polar surface area (TPSA) is 29.4 Å². The molecule has 0 atom stereocenters. The smallest absolute Gasteiger partial charge is 0.259 e. The van der Waals surface area contributed by atoms with Crippen LogP contribution in [0.25, 0.3) is 0 Å². The Morgan fingerprint density at radius 1 is 2.00 bits per heavy atom. The van der Waals surface area contributed by atoms with Gasteiger partial charge in [-0.15, -0.1) is 0 Å². The minimum Gasteiger partial charge on any atom is -0.259 e. The van der Waals surface area contributed by atoms with E-state index in [0.29, 0.717) is 0 Å². The highest BCUT2D eigenvalue weighted by Crippen LogP contribution is 1.59. The number of hydrogen-bond donors (Lipinski definition) is 1. The zero-order valence-electron chi connectivity index (χ0n) is 2.38. The molecule has 0 aromatic carbocycles. The molecule has 2 nitrogen and oxygen atoms in total. The highest BCUT2D eigenvalue weighted by molar-refractivity contribution is 8.06. The van der Waals surface area contributed by atoms with Crippen LogP contribution in [0.2, 0.25) is 0 Å². The van der Waals surface area contributed by atoms with E-state index in [1.54, 1.807) is 0 Å². The molecule has 5 heavy (non-hydrogen) atoms. The van der Waals surface area contributed by atoms with Crippen molar-refractivity contribution in [1.29, 1.82) is 0 Å². The molecular weight excluding hydrogens is 84.9 g/mol. The second-order valence-corrected chi connectivity index (χ2v) is 0.567. The summed E-state index contributed by atoms with van der Waals surface area (Å²) in [5.41, 5.74) is 0. The summed E-state index contributed by atoms with van der Waals surface area (Å²) in [6, 6.07) is 0. The summed E-state index contributed by atoms with van der Waals surface area (Å²) in [4.78, 5) is 11.9. The molecule has 0 heterocycles. The van der Waals surface area contributed by atoms with Crippen LogP contribution in [0.4, 0.5) is 0 Å². The van der Waals surface area contributed by atoms with E-state index < -0.39 is 0 Å². The molecule has 4 heteroatoms. The van der Waals surface area contributed by atoms with Gasteiger partial charge < -0.3 is 0 Å². The summed E-state index contributed by atoms with van der Waals surface area (Å²) in [6.45, 7) is 1.08. The first-order valence-electron chi connectivity index (χ1n) is 0.944. The lowest BCUT2D eigenvalue weighted by Gasteiger charge is -1.52. The first-order valence-corrected chi connectivity index (χ1v) is 1.46. The maximum atomic E-state index is 9.03. The van der Waals surface area contributed by atoms with E-state index in [1.165, 1.54) is 6.08 Å². The fourth-order valence-electron chi connectivity index (χ4n) is 0.0236. The lowest BCUT2D eigenvalue weighted by Crippen LogP contribution is -1.60. The first-order chi connectivity index (χ1) is 2.41. The molecule has 0 aromatic rings. The Bertz CT molecular complexity index is 58.7. The Labute approximate surface area is 35.9 Å². The average Bonchev–Trinajstić information content (AvgIpc) is 1.41. The largest absolute Gasteiger partial charge is 0.364 e. The van der Waals surface area contributed by atoms with Gasteiger partial charge in [0.05, 0.1) is 0 Å². The Kier molecular flexibility index (Phi) is 3.64. The molecule has 0 bridgehead atoms. The molecule has 0 saturated carbocycles. The van der Waals surface area contributed by atoms with Crippen molar-refractivity contribution < 1.29 is 4.79 Å². The fraction of sp³-hybridized carbons (Fsp3) is 0. The predicted octanol–water partition coefficient (Wildman–Crippen LogP) is -0.214. The van der Waals surface area contributed by atoms with Crippen molar-refractivity contribution in [3.05, 3.63) is 0 Å². The van der Waals surface area contributed by atoms with Crippen LogP contribution in [0.1, 0.15) is 0 Å². The van der Waals surface area contributed by atoms with Crippen LogP contribution >= 0.6 is 12.5 Å². The van der Waals surface area contributed by atoms with Gasteiger partial charge in [-0.1, -0.05) is 0 Å². The number of isocyanates is 1. The maximum Gasteiger partial charge on any atom is 0.364 e. The van der Waals surface area contributed by atoms with Gasteiger partial charge in [-0.05, 0) is 0 Å². The molecule has 0 N–H and O–H groups in total. The van der Waals surface area contributed by atoms with Crippen LogP contribution in [0, 0.1) is 0 Å². The summed E-state index contributed by atoms with van der Waals surface area (Å²) in [7, 11) is 0. The van der Waals surface area contributed by atoms with Gasteiger partial charge in [0.15, 0.2) is 0 Å². The summed E-state index contributed by atoms with van der Waals surface area (Å²) >= 11 is 3.45. The number of nitrogens with zero attached hydrogens (tertiary/aromatic N) is 1. The monoisotopic (exact) mass is 86.0 g/mol. The van der Waals surface area contributed by atoms with Crippen molar-refractivity contribution in [2.24, 2.45) is 4.90 Å². The summed E-state index contributed by atoms with van der Waals surface area (Å²) in [5, 5.41) is 0. The molecular formula is CHBNOS. The van der Waals surface area contributed by atoms with Gasteiger partial charge in [-0.3, -0.25) is 4.90 Å². The van der Waals surface area contributed by atoms with Gasteiger partial charge >= 0.3 is 6.69 Å². The number of carbonyl (C=O) groups excluding carboxylic acids is 1. The van der Waals surface area contributed by atoms with Gasteiger partial charge in [0.1, 0.15) is 0 Å². The molecule has 25 valence electrons. The molecule has 0 fully saturated rings. The van der Waals surface area contributed by atoms with Crippen LogP contribution in [-0.2, 0) is 4.79 Å². The minimum absolute atomic E-state index is 1.08. The zero-order chi connectivity index (χ0) is 4.12. The maximum absolute atomic E-state index is 9.03.